The Labute approximate surface area is 181 Å². The lowest BCUT2D eigenvalue weighted by atomic mass is 10.1. The number of amides is 1. The van der Waals surface area contributed by atoms with E-state index in [1.807, 2.05) is 48.5 Å². The molecule has 0 aromatic heterocycles. The van der Waals surface area contributed by atoms with Gasteiger partial charge in [-0.05, 0) is 61.3 Å². The zero-order valence-corrected chi connectivity index (χ0v) is 19.7. The first-order valence-corrected chi connectivity index (χ1v) is 11.0. The van der Waals surface area contributed by atoms with E-state index < -0.39 is 11.3 Å². The molecule has 8 nitrogen and oxygen atoms in total. The zero-order valence-electron chi connectivity index (χ0n) is 19.7. The van der Waals surface area contributed by atoms with Crippen LogP contribution in [0.5, 0.6) is 0 Å². The summed E-state index contributed by atoms with van der Waals surface area (Å²) in [5.74, 6) is 0.742. The third kappa shape index (κ3) is 7.16. The average molecular weight is 425 g/mol. The van der Waals surface area contributed by atoms with Crippen molar-refractivity contribution in [3.63, 3.8) is 0 Å². The van der Waals surface area contributed by atoms with E-state index in [2.05, 4.69) is 16.7 Å². The van der Waals surface area contributed by atoms with Crippen molar-refractivity contribution < 1.29 is 19.0 Å². The Morgan fingerprint density at radius 1 is 1.37 bits per heavy atom. The molecule has 0 radical (unpaired) electrons. The predicted molar refractivity (Wildman–Crippen MR) is 119 cm³/mol. The van der Waals surface area contributed by atoms with Crippen LogP contribution in [0.15, 0.2) is 16.6 Å². The molecule has 1 amide bonds. The molecule has 0 bridgehead atoms. The van der Waals surface area contributed by atoms with Crippen molar-refractivity contribution in [1.29, 1.82) is 0 Å². The van der Waals surface area contributed by atoms with Crippen LogP contribution in [-0.2, 0) is 14.2 Å². The number of aliphatic imine (C=N–C) groups is 1. The molecule has 2 unspecified atom stereocenters. The van der Waals surface area contributed by atoms with E-state index in [1.54, 1.807) is 4.90 Å². The quantitative estimate of drug-likeness (QED) is 0.387. The van der Waals surface area contributed by atoms with Gasteiger partial charge in [0.15, 0.2) is 5.96 Å². The van der Waals surface area contributed by atoms with Crippen LogP contribution < -0.4 is 10.6 Å². The van der Waals surface area contributed by atoms with Gasteiger partial charge >= 0.3 is 6.09 Å². The van der Waals surface area contributed by atoms with Gasteiger partial charge in [-0.2, -0.15) is 0 Å². The third-order valence-electron chi connectivity index (χ3n) is 5.09. The van der Waals surface area contributed by atoms with E-state index in [4.69, 9.17) is 19.2 Å². The Balaban J connectivity index is 2.03. The van der Waals surface area contributed by atoms with Gasteiger partial charge in [0.2, 0.25) is 0 Å². The lowest BCUT2D eigenvalue weighted by Crippen LogP contribution is -2.51. The third-order valence-corrected chi connectivity index (χ3v) is 5.09. The Morgan fingerprint density at radius 3 is 2.70 bits per heavy atom. The number of rotatable bonds is 6. The molecule has 1 saturated heterocycles. The van der Waals surface area contributed by atoms with Crippen LogP contribution in [0.2, 0.25) is 0 Å². The molecular formula is C22H40N4O4. The average Bonchev–Trinajstić information content (AvgIpc) is 2.87. The van der Waals surface area contributed by atoms with Gasteiger partial charge < -0.3 is 24.8 Å². The molecule has 2 rings (SSSR count). The highest BCUT2D eigenvalue weighted by Crippen LogP contribution is 2.33. The van der Waals surface area contributed by atoms with Crippen molar-refractivity contribution in [2.75, 3.05) is 32.8 Å². The maximum absolute atomic E-state index is 12.9. The van der Waals surface area contributed by atoms with E-state index in [0.29, 0.717) is 13.2 Å². The monoisotopic (exact) mass is 424 g/mol. The van der Waals surface area contributed by atoms with E-state index in [-0.39, 0.29) is 18.2 Å². The summed E-state index contributed by atoms with van der Waals surface area (Å²) in [4.78, 5) is 19.3. The second-order valence-electron chi connectivity index (χ2n) is 9.27. The summed E-state index contributed by atoms with van der Waals surface area (Å²) in [6.07, 6.45) is 3.60. The van der Waals surface area contributed by atoms with Crippen LogP contribution in [0.3, 0.4) is 0 Å². The number of hydrogen-bond acceptors (Lipinski definition) is 5. The number of hydrogen-bond donors (Lipinski definition) is 2. The number of nitrogens with zero attached hydrogens (tertiary/aromatic N) is 2. The van der Waals surface area contributed by atoms with Gasteiger partial charge in [-0.3, -0.25) is 9.89 Å². The molecule has 2 aliphatic heterocycles. The molecule has 0 saturated carbocycles. The van der Waals surface area contributed by atoms with Gasteiger partial charge in [-0.25, -0.2) is 4.79 Å². The van der Waals surface area contributed by atoms with Gasteiger partial charge in [0.05, 0.1) is 31.9 Å². The van der Waals surface area contributed by atoms with Crippen LogP contribution in [-0.4, -0.2) is 73.3 Å². The van der Waals surface area contributed by atoms with E-state index in [0.717, 1.165) is 38.5 Å². The molecule has 30 heavy (non-hydrogen) atoms. The summed E-state index contributed by atoms with van der Waals surface area (Å²) in [6.45, 7) is 16.9. The second-order valence-corrected chi connectivity index (χ2v) is 9.27. The number of guanidine groups is 1. The maximum Gasteiger partial charge on any atom is 0.412 e. The summed E-state index contributed by atoms with van der Waals surface area (Å²) in [7, 11) is 0. The second kappa shape index (κ2) is 10.5. The minimum Gasteiger partial charge on any atom is -0.444 e. The van der Waals surface area contributed by atoms with Crippen molar-refractivity contribution in [2.45, 2.75) is 84.8 Å². The molecule has 0 aliphatic carbocycles. The fraction of sp³-hybridized carbons (Fsp3) is 0.818. The van der Waals surface area contributed by atoms with Gasteiger partial charge in [0, 0.05) is 13.1 Å². The minimum absolute atomic E-state index is 0.147. The molecule has 0 aromatic carbocycles. The normalized spacial score (nSPS) is 24.4. The van der Waals surface area contributed by atoms with E-state index in [9.17, 15) is 4.79 Å². The molecule has 2 atom stereocenters. The summed E-state index contributed by atoms with van der Waals surface area (Å²) < 4.78 is 17.1. The van der Waals surface area contributed by atoms with Crippen molar-refractivity contribution in [2.24, 2.45) is 4.99 Å². The standard InChI is InChI=1S/C22H40N4O4/c1-8-23-19(24-12-9-17-10-13-28-14-11-17)25-15-18-16(2)29-22(6,7)26(18)20(27)30-21(3,4)5/h10,16,18H,8-9,11-15H2,1-7H3,(H2,23,24,25). The molecule has 1 fully saturated rings. The van der Waals surface area contributed by atoms with Crippen molar-refractivity contribution in [1.82, 2.24) is 15.5 Å². The van der Waals surface area contributed by atoms with E-state index in [1.165, 1.54) is 5.57 Å². The van der Waals surface area contributed by atoms with Crippen LogP contribution in [0.1, 0.15) is 61.3 Å². The SMILES string of the molecule is CCNC(=NCC1C(C)OC(C)(C)N1C(=O)OC(C)(C)C)NCCC1=CCOCC1. The Bertz CT molecular complexity index is 640. The molecule has 2 heterocycles. The highest BCUT2D eigenvalue weighted by Gasteiger charge is 2.49. The Kier molecular flexibility index (Phi) is 8.55. The fourth-order valence-corrected chi connectivity index (χ4v) is 3.76. The molecular weight excluding hydrogens is 384 g/mol. The van der Waals surface area contributed by atoms with E-state index >= 15 is 0 Å². The molecule has 0 spiro atoms. The highest BCUT2D eigenvalue weighted by molar-refractivity contribution is 5.79. The maximum atomic E-state index is 12.9. The number of ether oxygens (including phenoxy) is 3. The van der Waals surface area contributed by atoms with Crippen LogP contribution in [0.25, 0.3) is 0 Å². The predicted octanol–water partition coefficient (Wildman–Crippen LogP) is 3.04. The Morgan fingerprint density at radius 2 is 2.10 bits per heavy atom. The van der Waals surface area contributed by atoms with Crippen molar-refractivity contribution in [3.8, 4) is 0 Å². The van der Waals surface area contributed by atoms with Crippen LogP contribution >= 0.6 is 0 Å². The molecule has 2 aliphatic rings. The zero-order chi connectivity index (χ0) is 22.4. The molecule has 172 valence electrons. The first-order chi connectivity index (χ1) is 14.0. The lowest BCUT2D eigenvalue weighted by molar-refractivity contribution is -0.0755. The number of nitrogens with one attached hydrogen (secondary N) is 2. The van der Waals surface area contributed by atoms with Gasteiger partial charge in [0.25, 0.3) is 0 Å². The van der Waals surface area contributed by atoms with Gasteiger partial charge in [-0.1, -0.05) is 11.6 Å². The fourth-order valence-electron chi connectivity index (χ4n) is 3.76. The first-order valence-electron chi connectivity index (χ1n) is 11.0. The minimum atomic E-state index is -0.747. The number of carbonyl (C=O) groups excluding carboxylic acids is 1. The van der Waals surface area contributed by atoms with Crippen LogP contribution in [0, 0.1) is 0 Å². The molecule has 0 aromatic rings. The summed E-state index contributed by atoms with van der Waals surface area (Å²) >= 11 is 0. The summed E-state index contributed by atoms with van der Waals surface area (Å²) in [5, 5.41) is 6.67. The molecule has 2 N–H and O–H groups in total. The molecule has 8 heteroatoms. The largest absolute Gasteiger partial charge is 0.444 e. The number of carbonyl (C=O) groups is 1. The van der Waals surface area contributed by atoms with Gasteiger partial charge in [0.1, 0.15) is 11.3 Å². The highest BCUT2D eigenvalue weighted by atomic mass is 16.6. The van der Waals surface area contributed by atoms with Gasteiger partial charge in [-0.15, -0.1) is 0 Å². The van der Waals surface area contributed by atoms with Crippen molar-refractivity contribution >= 4 is 12.1 Å². The summed E-state index contributed by atoms with van der Waals surface area (Å²) in [5.41, 5.74) is 0.103. The van der Waals surface area contributed by atoms with Crippen molar-refractivity contribution in [3.05, 3.63) is 11.6 Å². The lowest BCUT2D eigenvalue weighted by Gasteiger charge is -2.34. The first kappa shape index (κ1) is 24.5. The summed E-state index contributed by atoms with van der Waals surface area (Å²) in [6, 6.07) is -0.205. The Hall–Kier alpha value is -1.80. The van der Waals surface area contributed by atoms with Crippen LogP contribution in [0.4, 0.5) is 4.79 Å². The topological polar surface area (TPSA) is 84.4 Å². The smallest absolute Gasteiger partial charge is 0.412 e.